The van der Waals surface area contributed by atoms with Gasteiger partial charge in [0.05, 0.1) is 19.3 Å². The van der Waals surface area contributed by atoms with Crippen LogP contribution >= 0.6 is 0 Å². The number of amides is 1. The second-order valence-electron chi connectivity index (χ2n) is 9.13. The first-order chi connectivity index (χ1) is 14.9. The van der Waals surface area contributed by atoms with Crippen molar-refractivity contribution in [1.29, 1.82) is 0 Å². The molecule has 2 aliphatic heterocycles. The monoisotopic (exact) mass is 427 g/mol. The summed E-state index contributed by atoms with van der Waals surface area (Å²) in [5.41, 5.74) is 2.01. The first-order valence-electron chi connectivity index (χ1n) is 11.5. The molecule has 3 rings (SSSR count). The molecule has 2 aliphatic rings. The van der Waals surface area contributed by atoms with Gasteiger partial charge in [0.1, 0.15) is 5.69 Å². The number of anilines is 2. The molecule has 1 fully saturated rings. The summed E-state index contributed by atoms with van der Waals surface area (Å²) < 4.78 is 5.75. The zero-order valence-corrected chi connectivity index (χ0v) is 19.3. The summed E-state index contributed by atoms with van der Waals surface area (Å²) in [6, 6.07) is 0.363. The van der Waals surface area contributed by atoms with Crippen LogP contribution in [0.15, 0.2) is 30.5 Å². The third-order valence-electron chi connectivity index (χ3n) is 5.70. The van der Waals surface area contributed by atoms with Gasteiger partial charge >= 0.3 is 6.01 Å². The zero-order chi connectivity index (χ0) is 22.2. The van der Waals surface area contributed by atoms with E-state index in [1.54, 1.807) is 6.20 Å². The average molecular weight is 428 g/mol. The molecule has 0 bridgehead atoms. The summed E-state index contributed by atoms with van der Waals surface area (Å²) in [5, 5.41) is 2.88. The average Bonchev–Trinajstić information content (AvgIpc) is 3.21. The molecule has 1 amide bonds. The van der Waals surface area contributed by atoms with E-state index in [0.717, 1.165) is 25.2 Å². The van der Waals surface area contributed by atoms with Crippen molar-refractivity contribution in [2.45, 2.75) is 46.5 Å². The van der Waals surface area contributed by atoms with Gasteiger partial charge < -0.3 is 15.0 Å². The largest absolute Gasteiger partial charge is 0.463 e. The maximum Gasteiger partial charge on any atom is 0.318 e. The van der Waals surface area contributed by atoms with Crippen LogP contribution < -0.4 is 15.0 Å². The molecule has 170 valence electrons. The predicted octanol–water partition coefficient (Wildman–Crippen LogP) is 3.89. The molecule has 0 aromatic carbocycles. The second-order valence-corrected chi connectivity index (χ2v) is 9.13. The summed E-state index contributed by atoms with van der Waals surface area (Å²) in [6.07, 6.45) is 10.3. The molecule has 1 saturated heterocycles. The predicted molar refractivity (Wildman–Crippen MR) is 126 cm³/mol. The molecule has 1 atom stereocenters. The van der Waals surface area contributed by atoms with Crippen molar-refractivity contribution in [3.8, 4) is 6.01 Å². The van der Waals surface area contributed by atoms with Crippen molar-refractivity contribution in [2.24, 2.45) is 11.8 Å². The molecule has 31 heavy (non-hydrogen) atoms. The molecule has 3 heterocycles. The fraction of sp³-hybridized carbons (Fsp3) is 0.625. The van der Waals surface area contributed by atoms with E-state index in [2.05, 4.69) is 53.6 Å². The number of likely N-dealkylation sites (tertiary alicyclic amines) is 1. The molecule has 1 N–H and O–H groups in total. The van der Waals surface area contributed by atoms with Gasteiger partial charge in [-0.15, -0.1) is 6.58 Å². The van der Waals surface area contributed by atoms with Crippen LogP contribution in [0.3, 0.4) is 0 Å². The Labute approximate surface area is 186 Å². The number of aromatic nitrogens is 2. The fourth-order valence-corrected chi connectivity index (χ4v) is 4.17. The maximum atomic E-state index is 12.3. The molecule has 0 saturated carbocycles. The third-order valence-corrected chi connectivity index (χ3v) is 5.70. The van der Waals surface area contributed by atoms with Crippen molar-refractivity contribution in [3.63, 3.8) is 0 Å². The Morgan fingerprint density at radius 3 is 2.84 bits per heavy atom. The Hall–Kier alpha value is -2.41. The van der Waals surface area contributed by atoms with E-state index in [0.29, 0.717) is 30.8 Å². The fourth-order valence-electron chi connectivity index (χ4n) is 4.17. The standard InChI is InChI=1S/C24H37N5O2/c1-5-8-20(13-19(4)15-28-10-6-7-11-28)16-29-17-22(30)26-21-14-25-24(27-23(21)29)31-12-9-18(2)3/h5,13-14,18,20H,1,6-12,15-17H2,2-4H3,(H,26,30)/b19-13+. The van der Waals surface area contributed by atoms with E-state index in [9.17, 15) is 4.79 Å². The molecule has 7 nitrogen and oxygen atoms in total. The van der Waals surface area contributed by atoms with Crippen LogP contribution in [-0.4, -0.2) is 60.1 Å². The lowest BCUT2D eigenvalue weighted by Gasteiger charge is -2.32. The Morgan fingerprint density at radius 2 is 2.13 bits per heavy atom. The van der Waals surface area contributed by atoms with Crippen LogP contribution in [0.1, 0.15) is 46.5 Å². The van der Waals surface area contributed by atoms with Crippen molar-refractivity contribution in [3.05, 3.63) is 30.5 Å². The number of nitrogens with one attached hydrogen (secondary N) is 1. The van der Waals surface area contributed by atoms with Crippen LogP contribution in [0.2, 0.25) is 0 Å². The number of allylic oxidation sites excluding steroid dienone is 1. The van der Waals surface area contributed by atoms with Crippen LogP contribution in [-0.2, 0) is 4.79 Å². The molecule has 0 radical (unpaired) electrons. The summed E-state index contributed by atoms with van der Waals surface area (Å²) in [4.78, 5) is 25.7. The topological polar surface area (TPSA) is 70.6 Å². The van der Waals surface area contributed by atoms with Gasteiger partial charge in [0, 0.05) is 13.1 Å². The number of carbonyl (C=O) groups is 1. The van der Waals surface area contributed by atoms with Crippen molar-refractivity contribution < 1.29 is 9.53 Å². The molecule has 1 aromatic heterocycles. The van der Waals surface area contributed by atoms with Gasteiger partial charge in [-0.2, -0.15) is 4.98 Å². The van der Waals surface area contributed by atoms with Crippen LogP contribution in [0.4, 0.5) is 11.5 Å². The van der Waals surface area contributed by atoms with Crippen molar-refractivity contribution >= 4 is 17.4 Å². The van der Waals surface area contributed by atoms with Crippen molar-refractivity contribution in [2.75, 3.05) is 49.5 Å². The Morgan fingerprint density at radius 1 is 1.35 bits per heavy atom. The zero-order valence-electron chi connectivity index (χ0n) is 19.3. The number of hydrogen-bond acceptors (Lipinski definition) is 6. The minimum absolute atomic E-state index is 0.0419. The van der Waals surface area contributed by atoms with Crippen molar-refractivity contribution in [1.82, 2.24) is 14.9 Å². The van der Waals surface area contributed by atoms with E-state index in [4.69, 9.17) is 4.74 Å². The molecule has 0 spiro atoms. The lowest BCUT2D eigenvalue weighted by Crippen LogP contribution is -2.41. The van der Waals surface area contributed by atoms with E-state index in [1.807, 2.05) is 11.0 Å². The van der Waals surface area contributed by atoms with Gasteiger partial charge in [-0.3, -0.25) is 9.69 Å². The number of carbonyl (C=O) groups excluding carboxylic acids is 1. The summed E-state index contributed by atoms with van der Waals surface area (Å²) in [5.74, 6) is 1.51. The number of nitrogens with zero attached hydrogens (tertiary/aromatic N) is 4. The first kappa shape index (κ1) is 23.3. The highest BCUT2D eigenvalue weighted by molar-refractivity contribution is 6.00. The van der Waals surface area contributed by atoms with Gasteiger partial charge in [-0.05, 0) is 57.5 Å². The lowest BCUT2D eigenvalue weighted by atomic mass is 10.0. The summed E-state index contributed by atoms with van der Waals surface area (Å²) >= 11 is 0. The minimum Gasteiger partial charge on any atom is -0.463 e. The quantitative estimate of drug-likeness (QED) is 0.540. The van der Waals surface area contributed by atoms with Crippen LogP contribution in [0, 0.1) is 11.8 Å². The van der Waals surface area contributed by atoms with Gasteiger partial charge in [0.2, 0.25) is 5.91 Å². The Bertz CT molecular complexity index is 786. The number of fused-ring (bicyclic) bond motifs is 1. The number of hydrogen-bond donors (Lipinski definition) is 1. The summed E-state index contributed by atoms with van der Waals surface area (Å²) in [6.45, 7) is 15.4. The van der Waals surface area contributed by atoms with E-state index in [-0.39, 0.29) is 18.4 Å². The minimum atomic E-state index is -0.0419. The van der Waals surface area contributed by atoms with Gasteiger partial charge in [0.15, 0.2) is 5.82 Å². The van der Waals surface area contributed by atoms with E-state index in [1.165, 1.54) is 31.5 Å². The van der Waals surface area contributed by atoms with E-state index < -0.39 is 0 Å². The Balaban J connectivity index is 1.72. The van der Waals surface area contributed by atoms with Crippen LogP contribution in [0.5, 0.6) is 6.01 Å². The van der Waals surface area contributed by atoms with Crippen LogP contribution in [0.25, 0.3) is 0 Å². The first-order valence-corrected chi connectivity index (χ1v) is 11.5. The highest BCUT2D eigenvalue weighted by Crippen LogP contribution is 2.29. The maximum absolute atomic E-state index is 12.3. The second kappa shape index (κ2) is 11.3. The highest BCUT2D eigenvalue weighted by atomic mass is 16.5. The molecular weight excluding hydrogens is 390 g/mol. The SMILES string of the molecule is C=CCC(/C=C(\C)CN1CCCC1)CN1CC(=O)Nc2cnc(OCCC(C)C)nc21. The normalized spacial score (nSPS) is 18.1. The van der Waals surface area contributed by atoms with Gasteiger partial charge in [-0.25, -0.2) is 4.98 Å². The molecular formula is C24H37N5O2. The molecule has 1 aromatic rings. The third kappa shape index (κ3) is 7.06. The molecule has 0 aliphatic carbocycles. The van der Waals surface area contributed by atoms with Gasteiger partial charge in [-0.1, -0.05) is 31.6 Å². The highest BCUT2D eigenvalue weighted by Gasteiger charge is 2.26. The number of ether oxygens (including phenoxy) is 1. The summed E-state index contributed by atoms with van der Waals surface area (Å²) in [7, 11) is 0. The molecule has 1 unspecified atom stereocenters. The molecule has 7 heteroatoms. The lowest BCUT2D eigenvalue weighted by molar-refractivity contribution is -0.115. The van der Waals surface area contributed by atoms with Gasteiger partial charge in [0.25, 0.3) is 0 Å². The Kier molecular flexibility index (Phi) is 8.46. The smallest absolute Gasteiger partial charge is 0.318 e. The number of rotatable bonds is 11. The van der Waals surface area contributed by atoms with E-state index >= 15 is 0 Å².